The topological polar surface area (TPSA) is 0 Å². The lowest BCUT2D eigenvalue weighted by Gasteiger charge is -2.15. The number of benzene rings is 2. The summed E-state index contributed by atoms with van der Waals surface area (Å²) in [5.74, 6) is 0.810. The molecule has 0 radical (unpaired) electrons. The summed E-state index contributed by atoms with van der Waals surface area (Å²) in [6.45, 7) is 2.12. The zero-order chi connectivity index (χ0) is 13.7. The minimum Gasteiger partial charge on any atom is -0.207 e. The van der Waals surface area contributed by atoms with Crippen molar-refractivity contribution in [3.63, 3.8) is 0 Å². The summed E-state index contributed by atoms with van der Waals surface area (Å²) in [5, 5.41) is 0. The van der Waals surface area contributed by atoms with Crippen LogP contribution in [-0.4, -0.2) is 5.88 Å². The molecule has 0 saturated carbocycles. The van der Waals surface area contributed by atoms with Gasteiger partial charge in [0.15, 0.2) is 0 Å². The van der Waals surface area contributed by atoms with Gasteiger partial charge in [-0.25, -0.2) is 4.39 Å². The molecular weight excluding hydrogens is 259 g/mol. The van der Waals surface area contributed by atoms with Gasteiger partial charge < -0.3 is 0 Å². The standard InChI is InChI=1S/C17H18ClF/c1-13-4-2-3-5-16(13)11-15(12-18)10-14-6-8-17(19)9-7-14/h2-9,15H,10-12H2,1H3. The molecule has 1 atom stereocenters. The van der Waals surface area contributed by atoms with Crippen LogP contribution in [0.25, 0.3) is 0 Å². The monoisotopic (exact) mass is 276 g/mol. The Balaban J connectivity index is 2.05. The van der Waals surface area contributed by atoms with Crippen molar-refractivity contribution in [2.24, 2.45) is 5.92 Å². The van der Waals surface area contributed by atoms with Crippen LogP contribution in [0.1, 0.15) is 16.7 Å². The first-order chi connectivity index (χ1) is 9.19. The lowest BCUT2D eigenvalue weighted by atomic mass is 9.92. The molecule has 0 fully saturated rings. The second-order valence-corrected chi connectivity index (χ2v) is 5.29. The summed E-state index contributed by atoms with van der Waals surface area (Å²) in [5.41, 5.74) is 3.78. The molecule has 2 aromatic carbocycles. The second kappa shape index (κ2) is 6.72. The zero-order valence-electron chi connectivity index (χ0n) is 11.1. The Morgan fingerprint density at radius 3 is 2.32 bits per heavy atom. The Labute approximate surface area is 119 Å². The van der Waals surface area contributed by atoms with Crippen LogP contribution in [0.5, 0.6) is 0 Å². The van der Waals surface area contributed by atoms with Gasteiger partial charge in [0.2, 0.25) is 0 Å². The van der Waals surface area contributed by atoms with E-state index in [4.69, 9.17) is 11.6 Å². The molecule has 0 saturated heterocycles. The van der Waals surface area contributed by atoms with Crippen LogP contribution >= 0.6 is 11.6 Å². The molecule has 2 rings (SSSR count). The first-order valence-corrected chi connectivity index (χ1v) is 7.07. The molecule has 0 aliphatic carbocycles. The minimum absolute atomic E-state index is 0.190. The van der Waals surface area contributed by atoms with Crippen LogP contribution < -0.4 is 0 Å². The number of hydrogen-bond donors (Lipinski definition) is 0. The van der Waals surface area contributed by atoms with Gasteiger partial charge in [-0.15, -0.1) is 11.6 Å². The van der Waals surface area contributed by atoms with Crippen molar-refractivity contribution in [2.75, 3.05) is 5.88 Å². The van der Waals surface area contributed by atoms with Crippen molar-refractivity contribution >= 4 is 11.6 Å². The van der Waals surface area contributed by atoms with E-state index < -0.39 is 0 Å². The summed E-state index contributed by atoms with van der Waals surface area (Å²) in [7, 11) is 0. The van der Waals surface area contributed by atoms with Crippen LogP contribution in [0.2, 0.25) is 0 Å². The van der Waals surface area contributed by atoms with Crippen molar-refractivity contribution in [3.8, 4) is 0 Å². The summed E-state index contributed by atoms with van der Waals surface area (Å²) < 4.78 is 12.9. The van der Waals surface area contributed by atoms with Crippen molar-refractivity contribution in [2.45, 2.75) is 19.8 Å². The van der Waals surface area contributed by atoms with Gasteiger partial charge in [0.05, 0.1) is 0 Å². The highest BCUT2D eigenvalue weighted by atomic mass is 35.5. The van der Waals surface area contributed by atoms with Gasteiger partial charge in [-0.05, 0) is 54.5 Å². The van der Waals surface area contributed by atoms with Crippen LogP contribution in [0.3, 0.4) is 0 Å². The van der Waals surface area contributed by atoms with Crippen LogP contribution in [0.4, 0.5) is 4.39 Å². The van der Waals surface area contributed by atoms with Gasteiger partial charge >= 0.3 is 0 Å². The average Bonchev–Trinajstić information content (AvgIpc) is 2.43. The van der Waals surface area contributed by atoms with Gasteiger partial charge in [-0.3, -0.25) is 0 Å². The Bertz CT molecular complexity index is 519. The zero-order valence-corrected chi connectivity index (χ0v) is 11.8. The van der Waals surface area contributed by atoms with E-state index in [0.29, 0.717) is 11.8 Å². The molecule has 1 unspecified atom stereocenters. The van der Waals surface area contributed by atoms with E-state index in [2.05, 4.69) is 31.2 Å². The van der Waals surface area contributed by atoms with Gasteiger partial charge in [0, 0.05) is 5.88 Å². The first-order valence-electron chi connectivity index (χ1n) is 6.54. The van der Waals surface area contributed by atoms with E-state index in [9.17, 15) is 4.39 Å². The van der Waals surface area contributed by atoms with Gasteiger partial charge in [-0.1, -0.05) is 36.4 Å². The van der Waals surface area contributed by atoms with E-state index in [0.717, 1.165) is 18.4 Å². The van der Waals surface area contributed by atoms with E-state index >= 15 is 0 Å². The second-order valence-electron chi connectivity index (χ2n) is 4.98. The molecule has 0 spiro atoms. The quantitative estimate of drug-likeness (QED) is 0.690. The molecule has 2 heteroatoms. The number of hydrogen-bond acceptors (Lipinski definition) is 0. The molecule has 100 valence electrons. The summed E-state index contributed by atoms with van der Waals surface area (Å²) in [6, 6.07) is 15.1. The molecule has 0 heterocycles. The van der Waals surface area contributed by atoms with Crippen molar-refractivity contribution in [3.05, 3.63) is 71.0 Å². The molecule has 0 aliphatic heterocycles. The van der Waals surface area contributed by atoms with Crippen molar-refractivity contribution in [1.82, 2.24) is 0 Å². The maximum Gasteiger partial charge on any atom is 0.123 e. The van der Waals surface area contributed by atoms with Crippen LogP contribution in [0.15, 0.2) is 48.5 Å². The van der Waals surface area contributed by atoms with E-state index in [-0.39, 0.29) is 5.82 Å². The number of rotatable bonds is 5. The van der Waals surface area contributed by atoms with Crippen molar-refractivity contribution in [1.29, 1.82) is 0 Å². The highest BCUT2D eigenvalue weighted by Crippen LogP contribution is 2.18. The molecule has 0 aliphatic rings. The molecule has 0 nitrogen and oxygen atoms in total. The fraction of sp³-hybridized carbons (Fsp3) is 0.294. The maximum absolute atomic E-state index is 12.9. The van der Waals surface area contributed by atoms with Crippen molar-refractivity contribution < 1.29 is 4.39 Å². The highest BCUT2D eigenvalue weighted by Gasteiger charge is 2.11. The molecule has 0 amide bonds. The SMILES string of the molecule is Cc1ccccc1CC(CCl)Cc1ccc(F)cc1. The Morgan fingerprint density at radius 2 is 1.68 bits per heavy atom. The minimum atomic E-state index is -0.190. The van der Waals surface area contributed by atoms with Crippen LogP contribution in [-0.2, 0) is 12.8 Å². The summed E-state index contributed by atoms with van der Waals surface area (Å²) in [4.78, 5) is 0. The third kappa shape index (κ3) is 4.07. The molecule has 0 bridgehead atoms. The number of aryl methyl sites for hydroxylation is 1. The number of halogens is 2. The highest BCUT2D eigenvalue weighted by molar-refractivity contribution is 6.18. The molecule has 2 aromatic rings. The van der Waals surface area contributed by atoms with Crippen LogP contribution in [0, 0.1) is 18.7 Å². The predicted octanol–water partition coefficient (Wildman–Crippen LogP) is 4.77. The Hall–Kier alpha value is -1.34. The normalized spacial score (nSPS) is 12.4. The lowest BCUT2D eigenvalue weighted by Crippen LogP contribution is -2.11. The fourth-order valence-corrected chi connectivity index (χ4v) is 2.50. The first kappa shape index (κ1) is 14.1. The third-order valence-corrected chi connectivity index (χ3v) is 3.86. The van der Waals surface area contributed by atoms with Gasteiger partial charge in [0.25, 0.3) is 0 Å². The summed E-state index contributed by atoms with van der Waals surface area (Å²) in [6.07, 6.45) is 1.85. The predicted molar refractivity (Wildman–Crippen MR) is 79.2 cm³/mol. The van der Waals surface area contributed by atoms with Gasteiger partial charge in [-0.2, -0.15) is 0 Å². The largest absolute Gasteiger partial charge is 0.207 e. The third-order valence-electron chi connectivity index (χ3n) is 3.43. The molecular formula is C17H18ClF. The maximum atomic E-state index is 12.9. The lowest BCUT2D eigenvalue weighted by molar-refractivity contribution is 0.579. The Kier molecular flexibility index (Phi) is 4.98. The summed E-state index contributed by atoms with van der Waals surface area (Å²) >= 11 is 6.08. The van der Waals surface area contributed by atoms with E-state index in [1.807, 2.05) is 12.1 Å². The van der Waals surface area contributed by atoms with E-state index in [1.165, 1.54) is 23.3 Å². The molecule has 0 N–H and O–H groups in total. The smallest absolute Gasteiger partial charge is 0.123 e. The fourth-order valence-electron chi connectivity index (χ4n) is 2.29. The number of alkyl halides is 1. The molecule has 0 aromatic heterocycles. The molecule has 19 heavy (non-hydrogen) atoms. The van der Waals surface area contributed by atoms with E-state index in [1.54, 1.807) is 0 Å². The Morgan fingerprint density at radius 1 is 1.00 bits per heavy atom. The average molecular weight is 277 g/mol. The van der Waals surface area contributed by atoms with Gasteiger partial charge in [0.1, 0.15) is 5.82 Å².